The van der Waals surface area contributed by atoms with Gasteiger partial charge >= 0.3 is 5.97 Å². The number of benzene rings is 1. The van der Waals surface area contributed by atoms with E-state index in [4.69, 9.17) is 5.11 Å². The number of methoxy groups -OCH3 is 1. The Morgan fingerprint density at radius 1 is 1.50 bits per heavy atom. The fraction of sp³-hybridized carbons (Fsp3) is 0.300. The van der Waals surface area contributed by atoms with Crippen LogP contribution in [0.1, 0.15) is 18.1 Å². The van der Waals surface area contributed by atoms with Crippen molar-refractivity contribution in [2.45, 2.75) is 12.5 Å². The van der Waals surface area contributed by atoms with E-state index >= 15 is 0 Å². The van der Waals surface area contributed by atoms with Gasteiger partial charge in [0.1, 0.15) is 5.82 Å². The fourth-order valence-electron chi connectivity index (χ4n) is 1.32. The highest BCUT2D eigenvalue weighted by atomic mass is 19.1. The first-order chi connectivity index (χ1) is 7.45. The molecule has 88 valence electrons. The van der Waals surface area contributed by atoms with Crippen molar-refractivity contribution >= 4 is 5.97 Å². The minimum Gasteiger partial charge on any atom is -0.493 e. The average molecular weight is 232 g/mol. The third kappa shape index (κ3) is 2.66. The molecule has 4 nitrogen and oxygen atoms in total. The summed E-state index contributed by atoms with van der Waals surface area (Å²) in [6.45, 7) is 0. The molecule has 1 aromatic carbocycles. The van der Waals surface area contributed by atoms with Crippen LogP contribution in [-0.4, -0.2) is 23.3 Å². The third-order valence-electron chi connectivity index (χ3n) is 1.97. The normalized spacial score (nSPS) is 12.2. The number of hydrogen-bond acceptors (Lipinski definition) is 3. The van der Waals surface area contributed by atoms with Crippen molar-refractivity contribution < 1.29 is 28.5 Å². The molecule has 0 amide bonds. The Bertz CT molecular complexity index is 406. The fourth-order valence-corrected chi connectivity index (χ4v) is 1.32. The second-order valence-electron chi connectivity index (χ2n) is 3.12. The van der Waals surface area contributed by atoms with Crippen molar-refractivity contribution in [3.63, 3.8) is 0 Å². The highest BCUT2D eigenvalue weighted by Gasteiger charge is 2.20. The number of rotatable bonds is 4. The van der Waals surface area contributed by atoms with Crippen molar-refractivity contribution in [2.24, 2.45) is 0 Å². The van der Waals surface area contributed by atoms with Gasteiger partial charge in [-0.2, -0.15) is 0 Å². The van der Waals surface area contributed by atoms with Crippen molar-refractivity contribution in [1.82, 2.24) is 0 Å². The van der Waals surface area contributed by atoms with Crippen LogP contribution < -0.4 is 4.74 Å². The van der Waals surface area contributed by atoms with Crippen molar-refractivity contribution in [1.29, 1.82) is 0 Å². The van der Waals surface area contributed by atoms with Crippen molar-refractivity contribution in [3.8, 4) is 5.75 Å². The van der Waals surface area contributed by atoms with Gasteiger partial charge in [0.05, 0.1) is 19.6 Å². The number of carboxylic acids is 1. The minimum absolute atomic E-state index is 0.220. The van der Waals surface area contributed by atoms with Gasteiger partial charge in [-0.15, -0.1) is 0 Å². The van der Waals surface area contributed by atoms with Gasteiger partial charge in [-0.3, -0.25) is 4.79 Å². The summed E-state index contributed by atoms with van der Waals surface area (Å²) in [5, 5.41) is 17.9. The molecule has 6 heteroatoms. The SMILES string of the molecule is COc1c(F)cc(F)cc1[C@H](O)CC(=O)O. The zero-order valence-corrected chi connectivity index (χ0v) is 8.41. The monoisotopic (exact) mass is 232 g/mol. The molecular weight excluding hydrogens is 222 g/mol. The van der Waals surface area contributed by atoms with Gasteiger partial charge < -0.3 is 14.9 Å². The van der Waals surface area contributed by atoms with Gasteiger partial charge in [0, 0.05) is 11.6 Å². The lowest BCUT2D eigenvalue weighted by Gasteiger charge is -2.13. The molecular formula is C10H10F2O4. The van der Waals surface area contributed by atoms with Crippen LogP contribution in [0, 0.1) is 11.6 Å². The molecule has 16 heavy (non-hydrogen) atoms. The summed E-state index contributed by atoms with van der Waals surface area (Å²) in [4.78, 5) is 10.4. The molecule has 1 atom stereocenters. The van der Waals surface area contributed by atoms with E-state index < -0.39 is 30.1 Å². The lowest BCUT2D eigenvalue weighted by atomic mass is 10.0. The molecule has 0 spiro atoms. The van der Waals surface area contributed by atoms with E-state index in [1.54, 1.807) is 0 Å². The van der Waals surface area contributed by atoms with Crippen molar-refractivity contribution in [3.05, 3.63) is 29.3 Å². The Morgan fingerprint density at radius 2 is 2.12 bits per heavy atom. The summed E-state index contributed by atoms with van der Waals surface area (Å²) in [7, 11) is 1.15. The molecule has 2 N–H and O–H groups in total. The molecule has 0 unspecified atom stereocenters. The predicted molar refractivity (Wildman–Crippen MR) is 50.1 cm³/mol. The maximum absolute atomic E-state index is 13.2. The van der Waals surface area contributed by atoms with Gasteiger partial charge in [-0.25, -0.2) is 8.78 Å². The number of carboxylic acid groups (broad SMARTS) is 1. The maximum atomic E-state index is 13.2. The summed E-state index contributed by atoms with van der Waals surface area (Å²) in [5.74, 6) is -3.52. The van der Waals surface area contributed by atoms with Crippen LogP contribution >= 0.6 is 0 Å². The number of halogens is 2. The number of aliphatic hydroxyl groups is 1. The Labute approximate surface area is 90.1 Å². The van der Waals surface area contributed by atoms with Crippen LogP contribution in [0.2, 0.25) is 0 Å². The zero-order chi connectivity index (χ0) is 12.3. The molecule has 0 aliphatic carbocycles. The standard InChI is InChI=1S/C10H10F2O4/c1-16-10-6(8(13)4-9(14)15)2-5(11)3-7(10)12/h2-3,8,13H,4H2,1H3,(H,14,15)/t8-/m1/s1. The largest absolute Gasteiger partial charge is 0.493 e. The first kappa shape index (κ1) is 12.4. The predicted octanol–water partition coefficient (Wildman–Crippen LogP) is 1.48. The summed E-state index contributed by atoms with van der Waals surface area (Å²) < 4.78 is 30.7. The molecule has 0 radical (unpaired) electrons. The second kappa shape index (κ2) is 4.89. The van der Waals surface area contributed by atoms with E-state index in [-0.39, 0.29) is 11.3 Å². The Balaban J connectivity index is 3.15. The molecule has 0 aliphatic rings. The van der Waals surface area contributed by atoms with E-state index in [2.05, 4.69) is 4.74 Å². The highest BCUT2D eigenvalue weighted by molar-refractivity contribution is 5.68. The van der Waals surface area contributed by atoms with Crippen LogP contribution in [0.5, 0.6) is 5.75 Å². The Kier molecular flexibility index (Phi) is 3.78. The van der Waals surface area contributed by atoms with Crippen LogP contribution in [0.3, 0.4) is 0 Å². The molecule has 1 rings (SSSR count). The van der Waals surface area contributed by atoms with Crippen molar-refractivity contribution in [2.75, 3.05) is 7.11 Å². The minimum atomic E-state index is -1.52. The molecule has 0 bridgehead atoms. The van der Waals surface area contributed by atoms with Gasteiger partial charge in [0.25, 0.3) is 0 Å². The quantitative estimate of drug-likeness (QED) is 0.825. The summed E-state index contributed by atoms with van der Waals surface area (Å²) in [6.07, 6.45) is -2.17. The van der Waals surface area contributed by atoms with E-state index in [0.717, 1.165) is 13.2 Å². The molecule has 0 heterocycles. The van der Waals surface area contributed by atoms with Crippen LogP contribution in [0.25, 0.3) is 0 Å². The molecule has 1 aromatic rings. The van der Waals surface area contributed by atoms with Gasteiger partial charge in [0.2, 0.25) is 0 Å². The van der Waals surface area contributed by atoms with E-state index in [1.165, 1.54) is 0 Å². The lowest BCUT2D eigenvalue weighted by molar-refractivity contribution is -0.139. The number of hydrogen-bond donors (Lipinski definition) is 2. The molecule has 0 saturated carbocycles. The maximum Gasteiger partial charge on any atom is 0.306 e. The summed E-state index contributed by atoms with van der Waals surface area (Å²) in [5.41, 5.74) is -0.220. The number of carbonyl (C=O) groups is 1. The number of aliphatic hydroxyl groups excluding tert-OH is 1. The second-order valence-corrected chi connectivity index (χ2v) is 3.12. The smallest absolute Gasteiger partial charge is 0.306 e. The summed E-state index contributed by atoms with van der Waals surface area (Å²) >= 11 is 0. The van der Waals surface area contributed by atoms with Crippen LogP contribution in [0.4, 0.5) is 8.78 Å². The van der Waals surface area contributed by atoms with E-state index in [9.17, 15) is 18.7 Å². The first-order valence-electron chi connectivity index (χ1n) is 4.38. The number of aliphatic carboxylic acids is 1. The van der Waals surface area contributed by atoms with Gasteiger partial charge in [0.15, 0.2) is 11.6 Å². The highest BCUT2D eigenvalue weighted by Crippen LogP contribution is 2.30. The van der Waals surface area contributed by atoms with Crippen LogP contribution in [-0.2, 0) is 4.79 Å². The van der Waals surface area contributed by atoms with Gasteiger partial charge in [-0.1, -0.05) is 0 Å². The third-order valence-corrected chi connectivity index (χ3v) is 1.97. The van der Waals surface area contributed by atoms with Crippen LogP contribution in [0.15, 0.2) is 12.1 Å². The van der Waals surface area contributed by atoms with E-state index in [0.29, 0.717) is 6.07 Å². The zero-order valence-electron chi connectivity index (χ0n) is 8.41. The Morgan fingerprint density at radius 3 is 2.62 bits per heavy atom. The molecule has 0 aliphatic heterocycles. The molecule has 0 fully saturated rings. The average Bonchev–Trinajstić information content (AvgIpc) is 2.15. The topological polar surface area (TPSA) is 66.8 Å². The molecule has 0 saturated heterocycles. The summed E-state index contributed by atoms with van der Waals surface area (Å²) in [6, 6.07) is 1.44. The van der Waals surface area contributed by atoms with Gasteiger partial charge in [-0.05, 0) is 6.07 Å². The lowest BCUT2D eigenvalue weighted by Crippen LogP contribution is -2.08. The molecule has 0 aromatic heterocycles. The first-order valence-corrected chi connectivity index (χ1v) is 4.38. The Hall–Kier alpha value is -1.69. The number of ether oxygens (including phenoxy) is 1. The van der Waals surface area contributed by atoms with E-state index in [1.807, 2.05) is 0 Å².